The molecule has 1 heterocycles. The molecule has 2 aromatic carbocycles. The van der Waals surface area contributed by atoms with Crippen LogP contribution in [-0.2, 0) is 11.3 Å². The lowest BCUT2D eigenvalue weighted by molar-refractivity contribution is -0.114. The van der Waals surface area contributed by atoms with Gasteiger partial charge in [-0.05, 0) is 29.8 Å². The molecule has 0 saturated heterocycles. The highest BCUT2D eigenvalue weighted by atomic mass is 79.9. The summed E-state index contributed by atoms with van der Waals surface area (Å²) in [6.45, 7) is 0.397. The Bertz CT molecular complexity index is 893. The molecule has 1 aliphatic rings. The van der Waals surface area contributed by atoms with E-state index in [2.05, 4.69) is 26.6 Å². The average Bonchev–Trinajstić information content (AvgIpc) is 2.58. The Morgan fingerprint density at radius 2 is 1.96 bits per heavy atom. The molecule has 3 N–H and O–H groups in total. The van der Waals surface area contributed by atoms with E-state index >= 15 is 0 Å². The van der Waals surface area contributed by atoms with Crippen molar-refractivity contribution in [1.29, 1.82) is 0 Å². The van der Waals surface area contributed by atoms with E-state index in [0.29, 0.717) is 29.0 Å². The first kappa shape index (κ1) is 17.0. The van der Waals surface area contributed by atoms with Gasteiger partial charge in [0.15, 0.2) is 11.5 Å². The quantitative estimate of drug-likeness (QED) is 0.540. The molecule has 0 bridgehead atoms. The van der Waals surface area contributed by atoms with Crippen LogP contribution in [0, 0.1) is 0 Å². The first-order chi connectivity index (χ1) is 12.0. The number of carbonyl (C=O) groups excluding carboxylic acids is 2. The minimum Gasteiger partial charge on any atom is -0.504 e. The monoisotopic (exact) mass is 402 g/mol. The van der Waals surface area contributed by atoms with E-state index in [1.54, 1.807) is 42.6 Å². The molecule has 2 amide bonds. The van der Waals surface area contributed by atoms with Crippen LogP contribution in [-0.4, -0.2) is 24.0 Å². The number of rotatable bonds is 4. The predicted octanol–water partition coefficient (Wildman–Crippen LogP) is 2.56. The second-order valence-electron chi connectivity index (χ2n) is 5.42. The number of carbonyl (C=O) groups is 2. The summed E-state index contributed by atoms with van der Waals surface area (Å²) >= 11 is 3.32. The maximum absolute atomic E-state index is 12.1. The Balaban J connectivity index is 1.82. The van der Waals surface area contributed by atoms with Crippen LogP contribution in [0.5, 0.6) is 11.5 Å². The molecule has 0 aliphatic carbocycles. The molecule has 7 heteroatoms. The van der Waals surface area contributed by atoms with Crippen molar-refractivity contribution in [3.63, 3.8) is 0 Å². The smallest absolute Gasteiger partial charge is 0.260 e. The molecule has 0 aromatic heterocycles. The van der Waals surface area contributed by atoms with Gasteiger partial charge in [-0.25, -0.2) is 0 Å². The van der Waals surface area contributed by atoms with Crippen LogP contribution >= 0.6 is 15.9 Å². The lowest BCUT2D eigenvalue weighted by atomic mass is 9.95. The number of imide groups is 1. The second-order valence-corrected chi connectivity index (χ2v) is 6.33. The van der Waals surface area contributed by atoms with Crippen LogP contribution in [0.3, 0.4) is 0 Å². The van der Waals surface area contributed by atoms with Crippen molar-refractivity contribution >= 4 is 33.3 Å². The van der Waals surface area contributed by atoms with E-state index in [9.17, 15) is 14.7 Å². The maximum atomic E-state index is 12.1. The lowest BCUT2D eigenvalue weighted by Gasteiger charge is -2.18. The standard InChI is InChI=1S/C18H15BrN2O4/c1-25-16-5-2-10(6-15(16)22)8-20-9-14-12-4-3-11(19)7-13(12)17(23)21-18(14)24/h2-7,9,20,22H,8H2,1H3,(H,21,23,24)/b14-9-. The SMILES string of the molecule is COc1ccc(CN/C=C2\C(=O)NC(=O)c3cc(Br)ccc32)cc1O. The lowest BCUT2D eigenvalue weighted by Crippen LogP contribution is -2.37. The summed E-state index contributed by atoms with van der Waals surface area (Å²) in [6, 6.07) is 10.2. The second kappa shape index (κ2) is 6.98. The number of phenols is 1. The van der Waals surface area contributed by atoms with Crippen LogP contribution in [0.25, 0.3) is 5.57 Å². The molecule has 3 rings (SSSR count). The van der Waals surface area contributed by atoms with Gasteiger partial charge in [0, 0.05) is 28.3 Å². The third-order valence-corrected chi connectivity index (χ3v) is 4.28. The molecule has 2 aromatic rings. The summed E-state index contributed by atoms with van der Waals surface area (Å²) in [5, 5.41) is 15.2. The normalized spacial score (nSPS) is 14.9. The van der Waals surface area contributed by atoms with Crippen LogP contribution < -0.4 is 15.4 Å². The molecule has 0 fully saturated rings. The number of nitrogens with one attached hydrogen (secondary N) is 2. The summed E-state index contributed by atoms with van der Waals surface area (Å²) in [5.41, 5.74) is 2.20. The highest BCUT2D eigenvalue weighted by Crippen LogP contribution is 2.27. The zero-order chi connectivity index (χ0) is 18.0. The summed E-state index contributed by atoms with van der Waals surface area (Å²) in [5.74, 6) is -0.430. The van der Waals surface area contributed by atoms with Gasteiger partial charge in [0.1, 0.15) is 0 Å². The molecule has 128 valence electrons. The van der Waals surface area contributed by atoms with Crippen molar-refractivity contribution < 1.29 is 19.4 Å². The minimum atomic E-state index is -0.454. The number of phenolic OH excluding ortho intramolecular Hbond substituents is 1. The Morgan fingerprint density at radius 3 is 2.68 bits per heavy atom. The third-order valence-electron chi connectivity index (χ3n) is 3.78. The van der Waals surface area contributed by atoms with Gasteiger partial charge < -0.3 is 15.2 Å². The van der Waals surface area contributed by atoms with Crippen molar-refractivity contribution in [3.8, 4) is 11.5 Å². The van der Waals surface area contributed by atoms with Crippen molar-refractivity contribution in [2.75, 3.05) is 7.11 Å². The van der Waals surface area contributed by atoms with Gasteiger partial charge in [-0.2, -0.15) is 0 Å². The minimum absolute atomic E-state index is 0.0469. The number of amides is 2. The van der Waals surface area contributed by atoms with E-state index in [1.807, 2.05) is 0 Å². The predicted molar refractivity (Wildman–Crippen MR) is 96.1 cm³/mol. The summed E-state index contributed by atoms with van der Waals surface area (Å²) in [6.07, 6.45) is 1.57. The van der Waals surface area contributed by atoms with E-state index in [4.69, 9.17) is 4.74 Å². The third kappa shape index (κ3) is 3.51. The van der Waals surface area contributed by atoms with Gasteiger partial charge in [-0.3, -0.25) is 14.9 Å². The highest BCUT2D eigenvalue weighted by molar-refractivity contribution is 9.10. The first-order valence-corrected chi connectivity index (χ1v) is 8.24. The molecule has 0 saturated carbocycles. The average molecular weight is 403 g/mol. The molecule has 25 heavy (non-hydrogen) atoms. The number of hydrogen-bond donors (Lipinski definition) is 3. The number of fused-ring (bicyclic) bond motifs is 1. The Kier molecular flexibility index (Phi) is 4.76. The van der Waals surface area contributed by atoms with Gasteiger partial charge in [0.2, 0.25) is 0 Å². The number of halogens is 1. The zero-order valence-electron chi connectivity index (χ0n) is 13.3. The molecular formula is C18H15BrN2O4. The number of aromatic hydroxyl groups is 1. The first-order valence-electron chi connectivity index (χ1n) is 7.44. The van der Waals surface area contributed by atoms with Crippen molar-refractivity contribution in [1.82, 2.24) is 10.6 Å². The fraction of sp³-hybridized carbons (Fsp3) is 0.111. The van der Waals surface area contributed by atoms with E-state index in [0.717, 1.165) is 10.0 Å². The van der Waals surface area contributed by atoms with Crippen LogP contribution in [0.1, 0.15) is 21.5 Å². The largest absolute Gasteiger partial charge is 0.504 e. The summed E-state index contributed by atoms with van der Waals surface area (Å²) in [7, 11) is 1.48. The fourth-order valence-electron chi connectivity index (χ4n) is 2.56. The van der Waals surface area contributed by atoms with E-state index < -0.39 is 11.8 Å². The van der Waals surface area contributed by atoms with Crippen molar-refractivity contribution in [2.24, 2.45) is 0 Å². The molecule has 0 radical (unpaired) electrons. The maximum Gasteiger partial charge on any atom is 0.260 e. The number of hydrogen-bond acceptors (Lipinski definition) is 5. The molecule has 6 nitrogen and oxygen atoms in total. The van der Waals surface area contributed by atoms with Gasteiger partial charge in [0.05, 0.1) is 12.7 Å². The van der Waals surface area contributed by atoms with Crippen molar-refractivity contribution in [2.45, 2.75) is 6.54 Å². The van der Waals surface area contributed by atoms with Crippen LogP contribution in [0.15, 0.2) is 47.1 Å². The van der Waals surface area contributed by atoms with Gasteiger partial charge in [0.25, 0.3) is 11.8 Å². The number of benzene rings is 2. The van der Waals surface area contributed by atoms with Crippen LogP contribution in [0.2, 0.25) is 0 Å². The van der Waals surface area contributed by atoms with Gasteiger partial charge >= 0.3 is 0 Å². The van der Waals surface area contributed by atoms with Crippen molar-refractivity contribution in [3.05, 3.63) is 63.8 Å². The van der Waals surface area contributed by atoms with Gasteiger partial charge in [-0.1, -0.05) is 28.1 Å². The van der Waals surface area contributed by atoms with E-state index in [1.165, 1.54) is 7.11 Å². The van der Waals surface area contributed by atoms with Gasteiger partial charge in [-0.15, -0.1) is 0 Å². The number of ether oxygens (including phenoxy) is 1. The molecule has 1 aliphatic heterocycles. The fourth-order valence-corrected chi connectivity index (χ4v) is 2.92. The topological polar surface area (TPSA) is 87.7 Å². The summed E-state index contributed by atoms with van der Waals surface area (Å²) in [4.78, 5) is 24.1. The highest BCUT2D eigenvalue weighted by Gasteiger charge is 2.27. The molecular weight excluding hydrogens is 388 g/mol. The van der Waals surface area contributed by atoms with E-state index in [-0.39, 0.29) is 5.75 Å². The van der Waals surface area contributed by atoms with Crippen LogP contribution in [0.4, 0.5) is 0 Å². The Morgan fingerprint density at radius 1 is 1.16 bits per heavy atom. The molecule has 0 unspecified atom stereocenters. The molecule has 0 atom stereocenters. The summed E-state index contributed by atoms with van der Waals surface area (Å²) < 4.78 is 5.76. The Labute approximate surface area is 152 Å². The number of methoxy groups -OCH3 is 1. The molecule has 0 spiro atoms. The zero-order valence-corrected chi connectivity index (χ0v) is 14.9. The Hall–Kier alpha value is -2.80.